The van der Waals surface area contributed by atoms with Gasteiger partial charge in [-0.15, -0.1) is 0 Å². The first-order chi connectivity index (χ1) is 9.65. The molecule has 0 radical (unpaired) electrons. The molecule has 21 heavy (non-hydrogen) atoms. The summed E-state index contributed by atoms with van der Waals surface area (Å²) in [5.41, 5.74) is 5.62. The third kappa shape index (κ3) is 4.23. The van der Waals surface area contributed by atoms with Crippen LogP contribution in [0.1, 0.15) is 32.3 Å². The quantitative estimate of drug-likeness (QED) is 0.587. The number of nitro benzene ring substituents is 1. The van der Waals surface area contributed by atoms with Crippen LogP contribution in [0.25, 0.3) is 0 Å². The van der Waals surface area contributed by atoms with Crippen LogP contribution in [0, 0.1) is 17.0 Å². The van der Waals surface area contributed by atoms with E-state index in [-0.39, 0.29) is 17.1 Å². The van der Waals surface area contributed by atoms with Gasteiger partial charge in [-0.1, -0.05) is 19.9 Å². The van der Waals surface area contributed by atoms with E-state index in [4.69, 9.17) is 5.73 Å². The lowest BCUT2D eigenvalue weighted by Gasteiger charge is -2.26. The Kier molecular flexibility index (Phi) is 5.43. The Bertz CT molecular complexity index is 624. The van der Waals surface area contributed by atoms with E-state index in [2.05, 4.69) is 4.72 Å². The van der Waals surface area contributed by atoms with Gasteiger partial charge >= 0.3 is 0 Å². The number of hydrogen-bond donors (Lipinski definition) is 2. The topological polar surface area (TPSA) is 115 Å². The van der Waals surface area contributed by atoms with Gasteiger partial charge in [0.25, 0.3) is 5.69 Å². The second-order valence-corrected chi connectivity index (χ2v) is 6.87. The number of rotatable bonds is 7. The summed E-state index contributed by atoms with van der Waals surface area (Å²) in [6.45, 7) is 5.41. The Morgan fingerprint density at radius 1 is 1.33 bits per heavy atom. The number of aryl methyl sites for hydroxylation is 1. The van der Waals surface area contributed by atoms with E-state index in [1.807, 2.05) is 13.8 Å². The number of benzene rings is 1. The van der Waals surface area contributed by atoms with Crippen molar-refractivity contribution in [3.05, 3.63) is 33.9 Å². The monoisotopic (exact) mass is 315 g/mol. The second kappa shape index (κ2) is 6.50. The molecule has 1 aromatic carbocycles. The summed E-state index contributed by atoms with van der Waals surface area (Å²) >= 11 is 0. The molecule has 0 aliphatic carbocycles. The van der Waals surface area contributed by atoms with E-state index in [1.165, 1.54) is 12.1 Å². The first-order valence-electron chi connectivity index (χ1n) is 6.69. The molecule has 0 heterocycles. The van der Waals surface area contributed by atoms with Crippen molar-refractivity contribution < 1.29 is 13.3 Å². The maximum absolute atomic E-state index is 12.2. The molecule has 0 unspecified atom stereocenters. The zero-order valence-corrected chi connectivity index (χ0v) is 13.2. The van der Waals surface area contributed by atoms with Crippen LogP contribution < -0.4 is 10.5 Å². The summed E-state index contributed by atoms with van der Waals surface area (Å²) in [6, 6.07) is 3.83. The van der Waals surface area contributed by atoms with Gasteiger partial charge < -0.3 is 5.73 Å². The molecule has 0 saturated heterocycles. The SMILES string of the molecule is CCC(N)(CC)CNS(=O)(=O)c1ccc(C)c([N+](=O)[O-])c1. The van der Waals surface area contributed by atoms with Crippen molar-refractivity contribution in [1.29, 1.82) is 0 Å². The van der Waals surface area contributed by atoms with Gasteiger partial charge in [0.15, 0.2) is 0 Å². The van der Waals surface area contributed by atoms with Crippen molar-refractivity contribution in [2.45, 2.75) is 44.0 Å². The highest BCUT2D eigenvalue weighted by Crippen LogP contribution is 2.22. The molecule has 3 N–H and O–H groups in total. The lowest BCUT2D eigenvalue weighted by molar-refractivity contribution is -0.385. The van der Waals surface area contributed by atoms with E-state index in [0.717, 1.165) is 6.07 Å². The minimum atomic E-state index is -3.82. The standard InChI is InChI=1S/C13H21N3O4S/c1-4-13(14,5-2)9-15-21(19,20)11-7-6-10(3)12(8-11)16(17)18/h6-8,15H,4-5,9,14H2,1-3H3. The molecule has 0 saturated carbocycles. The summed E-state index contributed by atoms with van der Waals surface area (Å²) in [7, 11) is -3.82. The average molecular weight is 315 g/mol. The third-order valence-electron chi connectivity index (χ3n) is 3.71. The number of nitro groups is 1. The molecule has 8 heteroatoms. The summed E-state index contributed by atoms with van der Waals surface area (Å²) < 4.78 is 26.8. The molecule has 0 spiro atoms. The molecule has 0 aliphatic heterocycles. The molecule has 1 rings (SSSR count). The fourth-order valence-corrected chi connectivity index (χ4v) is 2.93. The van der Waals surface area contributed by atoms with Crippen LogP contribution in [0.3, 0.4) is 0 Å². The number of sulfonamides is 1. The van der Waals surface area contributed by atoms with Crippen molar-refractivity contribution >= 4 is 15.7 Å². The van der Waals surface area contributed by atoms with Crippen LogP contribution in [-0.4, -0.2) is 25.4 Å². The lowest BCUT2D eigenvalue weighted by atomic mass is 9.95. The van der Waals surface area contributed by atoms with Crippen molar-refractivity contribution in [2.75, 3.05) is 6.54 Å². The molecular formula is C13H21N3O4S. The highest BCUT2D eigenvalue weighted by atomic mass is 32.2. The highest BCUT2D eigenvalue weighted by molar-refractivity contribution is 7.89. The van der Waals surface area contributed by atoms with Crippen molar-refractivity contribution in [3.8, 4) is 0 Å². The average Bonchev–Trinajstić information content (AvgIpc) is 2.45. The molecule has 1 aromatic rings. The van der Waals surface area contributed by atoms with Gasteiger partial charge in [-0.05, 0) is 25.8 Å². The van der Waals surface area contributed by atoms with Gasteiger partial charge in [-0.25, -0.2) is 13.1 Å². The first-order valence-corrected chi connectivity index (χ1v) is 8.17. The zero-order valence-electron chi connectivity index (χ0n) is 12.4. The van der Waals surface area contributed by atoms with E-state index in [0.29, 0.717) is 18.4 Å². The van der Waals surface area contributed by atoms with Crippen LogP contribution in [0.2, 0.25) is 0 Å². The fraction of sp³-hybridized carbons (Fsp3) is 0.538. The largest absolute Gasteiger partial charge is 0.324 e. The fourth-order valence-electron chi connectivity index (χ4n) is 1.78. The summed E-state index contributed by atoms with van der Waals surface area (Å²) in [6.07, 6.45) is 1.25. The first kappa shape index (κ1) is 17.5. The van der Waals surface area contributed by atoms with Crippen LogP contribution in [0.4, 0.5) is 5.69 Å². The number of nitrogens with two attached hydrogens (primary N) is 1. The predicted molar refractivity (Wildman–Crippen MR) is 80.5 cm³/mol. The molecule has 0 atom stereocenters. The van der Waals surface area contributed by atoms with Gasteiger partial charge in [0.2, 0.25) is 10.0 Å². The Morgan fingerprint density at radius 2 is 1.90 bits per heavy atom. The highest BCUT2D eigenvalue weighted by Gasteiger charge is 2.25. The molecule has 0 fully saturated rings. The van der Waals surface area contributed by atoms with Gasteiger partial charge in [0, 0.05) is 23.7 Å². The predicted octanol–water partition coefficient (Wildman–Crippen LogP) is 1.70. The molecule has 7 nitrogen and oxygen atoms in total. The molecule has 0 aliphatic rings. The number of nitrogens with one attached hydrogen (secondary N) is 1. The molecular weight excluding hydrogens is 294 g/mol. The molecule has 118 valence electrons. The number of hydrogen-bond acceptors (Lipinski definition) is 5. The van der Waals surface area contributed by atoms with Crippen molar-refractivity contribution in [1.82, 2.24) is 4.72 Å². The Hall–Kier alpha value is -1.51. The van der Waals surface area contributed by atoms with Crippen LogP contribution in [0.5, 0.6) is 0 Å². The van der Waals surface area contributed by atoms with Gasteiger partial charge in [-0.3, -0.25) is 10.1 Å². The molecule has 0 bridgehead atoms. The lowest BCUT2D eigenvalue weighted by Crippen LogP contribution is -2.49. The van der Waals surface area contributed by atoms with E-state index in [9.17, 15) is 18.5 Å². The van der Waals surface area contributed by atoms with Crippen LogP contribution in [-0.2, 0) is 10.0 Å². The van der Waals surface area contributed by atoms with Gasteiger partial charge in [0.1, 0.15) is 0 Å². The zero-order chi connectivity index (χ0) is 16.3. The second-order valence-electron chi connectivity index (χ2n) is 5.10. The van der Waals surface area contributed by atoms with Crippen molar-refractivity contribution in [2.24, 2.45) is 5.73 Å². The van der Waals surface area contributed by atoms with Crippen molar-refractivity contribution in [3.63, 3.8) is 0 Å². The molecule has 0 amide bonds. The van der Waals surface area contributed by atoms with Gasteiger partial charge in [0.05, 0.1) is 9.82 Å². The Morgan fingerprint density at radius 3 is 2.38 bits per heavy atom. The van der Waals surface area contributed by atoms with E-state index < -0.39 is 20.5 Å². The van der Waals surface area contributed by atoms with Crippen LogP contribution >= 0.6 is 0 Å². The smallest absolute Gasteiger partial charge is 0.273 e. The normalized spacial score (nSPS) is 12.4. The molecule has 0 aromatic heterocycles. The number of nitrogens with zero attached hydrogens (tertiary/aromatic N) is 1. The Balaban J connectivity index is 3.04. The minimum absolute atomic E-state index is 0.0873. The summed E-state index contributed by atoms with van der Waals surface area (Å²) in [4.78, 5) is 10.2. The summed E-state index contributed by atoms with van der Waals surface area (Å²) in [5, 5.41) is 10.9. The Labute approximate surface area is 124 Å². The van der Waals surface area contributed by atoms with Gasteiger partial charge in [-0.2, -0.15) is 0 Å². The van der Waals surface area contributed by atoms with E-state index in [1.54, 1.807) is 6.92 Å². The maximum atomic E-state index is 12.2. The maximum Gasteiger partial charge on any atom is 0.273 e. The minimum Gasteiger partial charge on any atom is -0.324 e. The third-order valence-corrected chi connectivity index (χ3v) is 5.11. The summed E-state index contributed by atoms with van der Waals surface area (Å²) in [5.74, 6) is 0. The van der Waals surface area contributed by atoms with E-state index >= 15 is 0 Å². The van der Waals surface area contributed by atoms with Crippen LogP contribution in [0.15, 0.2) is 23.1 Å².